The van der Waals surface area contributed by atoms with Crippen LogP contribution in [0.3, 0.4) is 0 Å². The highest BCUT2D eigenvalue weighted by Crippen LogP contribution is 2.34. The van der Waals surface area contributed by atoms with Crippen molar-refractivity contribution in [2.75, 3.05) is 33.3 Å². The minimum absolute atomic E-state index is 0.108. The summed E-state index contributed by atoms with van der Waals surface area (Å²) in [6.07, 6.45) is -3.89. The Morgan fingerprint density at radius 1 is 1.47 bits per heavy atom. The van der Waals surface area contributed by atoms with Gasteiger partial charge in [-0.2, -0.15) is 13.2 Å². The van der Waals surface area contributed by atoms with Crippen LogP contribution >= 0.6 is 0 Å². The maximum Gasteiger partial charge on any atom is 0.389 e. The number of morpholine rings is 1. The Labute approximate surface area is 99.3 Å². The fraction of sp³-hybridized carbons (Fsp3) is 1.00. The van der Waals surface area contributed by atoms with E-state index in [2.05, 4.69) is 10.2 Å². The van der Waals surface area contributed by atoms with Gasteiger partial charge in [-0.25, -0.2) is 0 Å². The number of likely N-dealkylation sites (N-methyl/N-ethyl adjacent to an activating group) is 1. The third kappa shape index (κ3) is 3.11. The lowest BCUT2D eigenvalue weighted by atomic mass is 9.88. The summed E-state index contributed by atoms with van der Waals surface area (Å²) in [6.45, 7) is 2.86. The van der Waals surface area contributed by atoms with E-state index in [1.807, 2.05) is 7.05 Å². The molecule has 1 spiro atoms. The second-order valence-electron chi connectivity index (χ2n) is 5.06. The predicted octanol–water partition coefficient (Wildman–Crippen LogP) is 1.39. The zero-order valence-electron chi connectivity index (χ0n) is 10.0. The zero-order valence-corrected chi connectivity index (χ0v) is 10.0. The van der Waals surface area contributed by atoms with Gasteiger partial charge in [0.2, 0.25) is 0 Å². The van der Waals surface area contributed by atoms with Crippen molar-refractivity contribution in [3.05, 3.63) is 0 Å². The fourth-order valence-electron chi connectivity index (χ4n) is 2.84. The third-order valence-corrected chi connectivity index (χ3v) is 3.69. The molecule has 2 rings (SSSR count). The molecule has 0 amide bonds. The first-order chi connectivity index (χ1) is 7.91. The van der Waals surface area contributed by atoms with E-state index < -0.39 is 18.2 Å². The Bertz CT molecular complexity index is 268. The monoisotopic (exact) mass is 252 g/mol. The first kappa shape index (κ1) is 13.1. The van der Waals surface area contributed by atoms with Gasteiger partial charge >= 0.3 is 6.18 Å². The molecule has 17 heavy (non-hydrogen) atoms. The lowest BCUT2D eigenvalue weighted by molar-refractivity contribution is -0.146. The molecule has 1 N–H and O–H groups in total. The zero-order chi connectivity index (χ0) is 12.5. The van der Waals surface area contributed by atoms with Gasteiger partial charge in [-0.3, -0.25) is 0 Å². The van der Waals surface area contributed by atoms with Crippen LogP contribution < -0.4 is 5.32 Å². The molecule has 0 bridgehead atoms. The number of likely N-dealkylation sites (tertiary alicyclic amines) is 1. The summed E-state index contributed by atoms with van der Waals surface area (Å²) in [6, 6.07) is -0.178. The minimum Gasteiger partial charge on any atom is -0.371 e. The van der Waals surface area contributed by atoms with Crippen LogP contribution in [0.4, 0.5) is 13.2 Å². The number of hydrogen-bond acceptors (Lipinski definition) is 3. The van der Waals surface area contributed by atoms with Gasteiger partial charge in [0.05, 0.1) is 12.2 Å². The summed E-state index contributed by atoms with van der Waals surface area (Å²) in [5.41, 5.74) is -0.405. The normalized spacial score (nSPS) is 35.6. The van der Waals surface area contributed by atoms with Crippen molar-refractivity contribution in [2.24, 2.45) is 0 Å². The topological polar surface area (TPSA) is 24.5 Å². The molecule has 0 radical (unpaired) electrons. The second-order valence-corrected chi connectivity index (χ2v) is 5.06. The molecule has 0 aliphatic carbocycles. The van der Waals surface area contributed by atoms with Crippen LogP contribution in [0.15, 0.2) is 0 Å². The van der Waals surface area contributed by atoms with Crippen LogP contribution in [0, 0.1) is 0 Å². The molecule has 0 aromatic rings. The van der Waals surface area contributed by atoms with Crippen molar-refractivity contribution in [1.29, 1.82) is 0 Å². The molecule has 6 heteroatoms. The molecule has 3 nitrogen and oxygen atoms in total. The largest absolute Gasteiger partial charge is 0.389 e. The number of halogens is 3. The molecule has 0 aromatic carbocycles. The summed E-state index contributed by atoms with van der Waals surface area (Å²) in [7, 11) is 1.98. The maximum atomic E-state index is 12.3. The lowest BCUT2D eigenvalue weighted by Gasteiger charge is -2.42. The van der Waals surface area contributed by atoms with Crippen molar-refractivity contribution in [1.82, 2.24) is 10.2 Å². The molecule has 2 heterocycles. The molecular formula is C11H19F3N2O. The number of ether oxygens (including phenoxy) is 1. The Balaban J connectivity index is 1.98. The molecule has 2 saturated heterocycles. The number of nitrogens with one attached hydrogen (secondary N) is 1. The van der Waals surface area contributed by atoms with Gasteiger partial charge in [0, 0.05) is 32.1 Å². The van der Waals surface area contributed by atoms with E-state index in [1.165, 1.54) is 0 Å². The lowest BCUT2D eigenvalue weighted by Crippen LogP contribution is -2.59. The summed E-state index contributed by atoms with van der Waals surface area (Å²) in [5, 5.41) is 3.19. The molecule has 2 atom stereocenters. The van der Waals surface area contributed by atoms with E-state index in [1.54, 1.807) is 0 Å². The molecular weight excluding hydrogens is 233 g/mol. The predicted molar refractivity (Wildman–Crippen MR) is 57.9 cm³/mol. The average molecular weight is 252 g/mol. The van der Waals surface area contributed by atoms with E-state index in [9.17, 15) is 13.2 Å². The number of nitrogens with zero attached hydrogens (tertiary/aromatic N) is 1. The van der Waals surface area contributed by atoms with Crippen LogP contribution in [0.1, 0.15) is 19.3 Å². The quantitative estimate of drug-likeness (QED) is 0.804. The van der Waals surface area contributed by atoms with Crippen LogP contribution in [0.5, 0.6) is 0 Å². The fourth-order valence-corrected chi connectivity index (χ4v) is 2.84. The highest BCUT2D eigenvalue weighted by atomic mass is 19.4. The van der Waals surface area contributed by atoms with Crippen LogP contribution in [0.2, 0.25) is 0 Å². The third-order valence-electron chi connectivity index (χ3n) is 3.69. The summed E-state index contributed by atoms with van der Waals surface area (Å²) >= 11 is 0. The number of alkyl halides is 3. The Hall–Kier alpha value is -0.330. The van der Waals surface area contributed by atoms with Gasteiger partial charge in [0.15, 0.2) is 0 Å². The molecule has 2 fully saturated rings. The molecule has 0 aromatic heterocycles. The van der Waals surface area contributed by atoms with Gasteiger partial charge < -0.3 is 15.0 Å². The van der Waals surface area contributed by atoms with Crippen molar-refractivity contribution < 1.29 is 17.9 Å². The highest BCUT2D eigenvalue weighted by molar-refractivity contribution is 5.02. The average Bonchev–Trinajstić information content (AvgIpc) is 2.58. The van der Waals surface area contributed by atoms with Gasteiger partial charge in [-0.05, 0) is 19.9 Å². The Morgan fingerprint density at radius 3 is 2.82 bits per heavy atom. The van der Waals surface area contributed by atoms with Crippen molar-refractivity contribution in [2.45, 2.75) is 37.1 Å². The number of hydrogen-bond donors (Lipinski definition) is 1. The van der Waals surface area contributed by atoms with E-state index in [0.717, 1.165) is 19.5 Å². The molecule has 2 aliphatic heterocycles. The maximum absolute atomic E-state index is 12.3. The summed E-state index contributed by atoms with van der Waals surface area (Å²) in [5.74, 6) is 0. The SMILES string of the molecule is CN1CCC2(C1)OCCNC2CCC(F)(F)F. The van der Waals surface area contributed by atoms with Gasteiger partial charge in [0.25, 0.3) is 0 Å². The molecule has 0 saturated carbocycles. The minimum atomic E-state index is -4.08. The summed E-state index contributed by atoms with van der Waals surface area (Å²) in [4.78, 5) is 2.12. The Kier molecular flexibility index (Phi) is 3.66. The van der Waals surface area contributed by atoms with Gasteiger partial charge in [-0.1, -0.05) is 0 Å². The van der Waals surface area contributed by atoms with E-state index in [4.69, 9.17) is 4.74 Å². The smallest absolute Gasteiger partial charge is 0.371 e. The van der Waals surface area contributed by atoms with E-state index in [0.29, 0.717) is 13.2 Å². The van der Waals surface area contributed by atoms with Crippen LogP contribution in [-0.4, -0.2) is 56.0 Å². The highest BCUT2D eigenvalue weighted by Gasteiger charge is 2.47. The standard InChI is InChI=1S/C11H19F3N2O/c1-16-6-4-10(8-16)9(15-5-7-17-10)2-3-11(12,13)14/h9,15H,2-8H2,1H3. The van der Waals surface area contributed by atoms with E-state index in [-0.39, 0.29) is 12.5 Å². The van der Waals surface area contributed by atoms with Crippen LogP contribution in [-0.2, 0) is 4.74 Å². The van der Waals surface area contributed by atoms with Gasteiger partial charge in [-0.15, -0.1) is 0 Å². The number of rotatable bonds is 2. The molecule has 2 unspecified atom stereocenters. The first-order valence-corrected chi connectivity index (χ1v) is 6.04. The second kappa shape index (κ2) is 4.74. The van der Waals surface area contributed by atoms with Crippen molar-refractivity contribution in [3.63, 3.8) is 0 Å². The van der Waals surface area contributed by atoms with Crippen molar-refractivity contribution in [3.8, 4) is 0 Å². The summed E-state index contributed by atoms with van der Waals surface area (Å²) < 4.78 is 42.7. The van der Waals surface area contributed by atoms with Crippen LogP contribution in [0.25, 0.3) is 0 Å². The molecule has 100 valence electrons. The van der Waals surface area contributed by atoms with Crippen molar-refractivity contribution >= 4 is 0 Å². The molecule has 2 aliphatic rings. The Morgan fingerprint density at radius 2 is 2.24 bits per heavy atom. The van der Waals surface area contributed by atoms with E-state index >= 15 is 0 Å². The first-order valence-electron chi connectivity index (χ1n) is 6.04. The van der Waals surface area contributed by atoms with Gasteiger partial charge in [0.1, 0.15) is 0 Å².